The van der Waals surface area contributed by atoms with Crippen LogP contribution in [0.5, 0.6) is 0 Å². The molecule has 2 aromatic heterocycles. The zero-order valence-electron chi connectivity index (χ0n) is 17.5. The van der Waals surface area contributed by atoms with Crippen molar-refractivity contribution in [2.24, 2.45) is 17.3 Å². The molecule has 9 heteroatoms. The van der Waals surface area contributed by atoms with E-state index in [-0.39, 0.29) is 16.9 Å². The van der Waals surface area contributed by atoms with E-state index < -0.39 is 0 Å². The second kappa shape index (κ2) is 7.42. The Balaban J connectivity index is 1.22. The summed E-state index contributed by atoms with van der Waals surface area (Å²) in [5.74, 6) is 1.24. The molecule has 32 heavy (non-hydrogen) atoms. The molecule has 1 aromatic carbocycles. The quantitative estimate of drug-likeness (QED) is 0.526. The van der Waals surface area contributed by atoms with Gasteiger partial charge in [-0.2, -0.15) is 5.10 Å². The molecule has 1 N–H and O–H groups in total. The van der Waals surface area contributed by atoms with Gasteiger partial charge in [0.15, 0.2) is 0 Å². The number of carbonyl (C=O) groups is 1. The third-order valence-electron chi connectivity index (χ3n) is 7.64. The first-order valence-electron chi connectivity index (χ1n) is 11.1. The minimum atomic E-state index is -0.354. The van der Waals surface area contributed by atoms with E-state index in [1.807, 2.05) is 46.2 Å². The Bertz CT molecular complexity index is 1170. The first-order valence-corrected chi connectivity index (χ1v) is 12.3. The first-order chi connectivity index (χ1) is 15.4. The molecule has 0 radical (unpaired) electrons. The van der Waals surface area contributed by atoms with Crippen LogP contribution in [0, 0.1) is 17.3 Å². The highest BCUT2D eigenvalue weighted by Gasteiger charge is 2.61. The highest BCUT2D eigenvalue weighted by atomic mass is 79.9. The van der Waals surface area contributed by atoms with E-state index in [9.17, 15) is 4.79 Å². The minimum Gasteiger partial charge on any atom is -0.323 e. The number of hydrogen-bond donors (Lipinski definition) is 1. The van der Waals surface area contributed by atoms with Crippen molar-refractivity contribution in [1.82, 2.24) is 24.5 Å². The summed E-state index contributed by atoms with van der Waals surface area (Å²) in [6.45, 7) is 0.565. The topological polar surface area (TPSA) is 77.6 Å². The smallest absolute Gasteiger partial charge is 0.230 e. The zero-order chi connectivity index (χ0) is 21.9. The molecule has 0 saturated heterocycles. The second-order valence-corrected chi connectivity index (χ2v) is 11.0. The predicted molar refractivity (Wildman–Crippen MR) is 124 cm³/mol. The maximum Gasteiger partial charge on any atom is 0.230 e. The Morgan fingerprint density at radius 3 is 2.72 bits per heavy atom. The average Bonchev–Trinajstić information content (AvgIpc) is 3.38. The Morgan fingerprint density at radius 1 is 1.22 bits per heavy atom. The zero-order valence-corrected chi connectivity index (χ0v) is 19.9. The molecular formula is C23H24BrClN6O. The summed E-state index contributed by atoms with van der Waals surface area (Å²) in [7, 11) is 0. The number of halogens is 2. The molecular weight excluding hydrogens is 492 g/mol. The van der Waals surface area contributed by atoms with Crippen LogP contribution in [0.15, 0.2) is 47.7 Å². The number of hydrogen-bond acceptors (Lipinski definition) is 4. The maximum absolute atomic E-state index is 13.6. The van der Waals surface area contributed by atoms with Gasteiger partial charge in [0, 0.05) is 11.2 Å². The fourth-order valence-electron chi connectivity index (χ4n) is 6.80. The van der Waals surface area contributed by atoms with E-state index in [1.165, 1.54) is 6.42 Å². The van der Waals surface area contributed by atoms with Crippen LogP contribution >= 0.6 is 27.5 Å². The first kappa shape index (κ1) is 20.4. The number of amides is 1. The van der Waals surface area contributed by atoms with Gasteiger partial charge in [-0.25, -0.2) is 9.67 Å². The third-order valence-corrected chi connectivity index (χ3v) is 8.38. The van der Waals surface area contributed by atoms with Gasteiger partial charge in [0.25, 0.3) is 0 Å². The number of benzene rings is 1. The summed E-state index contributed by atoms with van der Waals surface area (Å²) in [5.41, 5.74) is 1.27. The number of rotatable bonds is 5. The van der Waals surface area contributed by atoms with E-state index in [0.717, 1.165) is 43.4 Å². The van der Waals surface area contributed by atoms with Crippen LogP contribution in [0.3, 0.4) is 0 Å². The Kier molecular flexibility index (Phi) is 4.73. The number of carbonyl (C=O) groups excluding carboxylic acids is 1. The van der Waals surface area contributed by atoms with Crippen molar-refractivity contribution < 1.29 is 4.79 Å². The van der Waals surface area contributed by atoms with Gasteiger partial charge in [-0.3, -0.25) is 9.48 Å². The molecule has 4 aliphatic rings. The minimum absolute atomic E-state index is 0.102. The van der Waals surface area contributed by atoms with Crippen molar-refractivity contribution in [3.63, 3.8) is 0 Å². The van der Waals surface area contributed by atoms with E-state index >= 15 is 0 Å². The fraction of sp³-hybridized carbons (Fsp3) is 0.478. The van der Waals surface area contributed by atoms with Gasteiger partial charge < -0.3 is 5.32 Å². The molecule has 2 unspecified atom stereocenters. The lowest BCUT2D eigenvalue weighted by molar-refractivity contribution is -0.150. The highest BCUT2D eigenvalue weighted by molar-refractivity contribution is 9.10. The Labute approximate surface area is 199 Å². The normalized spacial score (nSPS) is 30.6. The molecule has 166 valence electrons. The lowest BCUT2D eigenvalue weighted by Crippen LogP contribution is -2.60. The van der Waals surface area contributed by atoms with Crippen molar-refractivity contribution >= 4 is 39.1 Å². The molecule has 0 aliphatic heterocycles. The van der Waals surface area contributed by atoms with Gasteiger partial charge in [0.1, 0.15) is 6.33 Å². The van der Waals surface area contributed by atoms with E-state index in [1.54, 1.807) is 6.20 Å². The second-order valence-electron chi connectivity index (χ2n) is 9.90. The largest absolute Gasteiger partial charge is 0.323 e. The molecule has 4 bridgehead atoms. The SMILES string of the molecule is O=C(Nc1cnn(Cc2ccccc2Cl)c1)C12CC3CC(C1)CC(n1cnc(Br)n1)(C3)C2. The maximum atomic E-state index is 13.6. The van der Waals surface area contributed by atoms with Gasteiger partial charge >= 0.3 is 0 Å². The van der Waals surface area contributed by atoms with Crippen LogP contribution in [-0.2, 0) is 16.9 Å². The van der Waals surface area contributed by atoms with Crippen LogP contribution in [0.2, 0.25) is 5.02 Å². The number of anilines is 1. The summed E-state index contributed by atoms with van der Waals surface area (Å²) in [5, 5.41) is 12.9. The fourth-order valence-corrected chi connectivity index (χ4v) is 7.26. The average molecular weight is 516 g/mol. The lowest BCUT2D eigenvalue weighted by Gasteiger charge is -2.60. The van der Waals surface area contributed by atoms with Crippen molar-refractivity contribution in [3.05, 3.63) is 58.3 Å². The number of aromatic nitrogens is 5. The summed E-state index contributed by atoms with van der Waals surface area (Å²) in [6, 6.07) is 7.74. The van der Waals surface area contributed by atoms with Gasteiger partial charge in [-0.1, -0.05) is 29.8 Å². The van der Waals surface area contributed by atoms with Crippen LogP contribution in [0.1, 0.15) is 44.1 Å². The monoisotopic (exact) mass is 514 g/mol. The van der Waals surface area contributed by atoms with Crippen LogP contribution < -0.4 is 5.32 Å². The van der Waals surface area contributed by atoms with Gasteiger partial charge in [-0.05, 0) is 77.9 Å². The molecule has 4 saturated carbocycles. The van der Waals surface area contributed by atoms with Crippen molar-refractivity contribution in [2.75, 3.05) is 5.32 Å². The molecule has 1 amide bonds. The van der Waals surface area contributed by atoms with Crippen LogP contribution in [-0.4, -0.2) is 30.5 Å². The predicted octanol–water partition coefficient (Wildman–Crippen LogP) is 4.87. The molecule has 3 aromatic rings. The highest BCUT2D eigenvalue weighted by Crippen LogP contribution is 2.64. The van der Waals surface area contributed by atoms with Crippen LogP contribution in [0.25, 0.3) is 0 Å². The summed E-state index contributed by atoms with van der Waals surface area (Å²) in [6.07, 6.45) is 11.6. The standard InChI is InChI=1S/C23H24BrClN6O/c24-21-26-14-31(29-21)23-8-15-5-16(9-23)7-22(6-15,13-23)20(32)28-18-10-27-30(12-18)11-17-3-1-2-4-19(17)25/h1-4,10,12,14-16H,5-9,11,13H2,(H,28,32). The van der Waals surface area contributed by atoms with Crippen LogP contribution in [0.4, 0.5) is 5.69 Å². The Morgan fingerprint density at radius 2 is 2.00 bits per heavy atom. The van der Waals surface area contributed by atoms with Crippen molar-refractivity contribution in [2.45, 2.75) is 50.6 Å². The van der Waals surface area contributed by atoms with E-state index in [2.05, 4.69) is 36.4 Å². The molecule has 0 spiro atoms. The molecule has 4 aliphatic carbocycles. The Hall–Kier alpha value is -2.19. The van der Waals surface area contributed by atoms with Gasteiger partial charge in [0.2, 0.25) is 10.6 Å². The lowest BCUT2D eigenvalue weighted by atomic mass is 9.46. The van der Waals surface area contributed by atoms with E-state index in [0.29, 0.717) is 28.1 Å². The summed E-state index contributed by atoms with van der Waals surface area (Å²) < 4.78 is 4.45. The third kappa shape index (κ3) is 3.39. The summed E-state index contributed by atoms with van der Waals surface area (Å²) >= 11 is 9.67. The number of nitrogens with one attached hydrogen (secondary N) is 1. The van der Waals surface area contributed by atoms with Crippen molar-refractivity contribution in [3.8, 4) is 0 Å². The molecule has 4 fully saturated rings. The molecule has 7 rings (SSSR count). The number of nitrogens with zero attached hydrogens (tertiary/aromatic N) is 5. The molecule has 7 nitrogen and oxygen atoms in total. The summed E-state index contributed by atoms with van der Waals surface area (Å²) in [4.78, 5) is 17.9. The molecule has 2 atom stereocenters. The van der Waals surface area contributed by atoms with E-state index in [4.69, 9.17) is 11.6 Å². The van der Waals surface area contributed by atoms with Gasteiger partial charge in [0.05, 0.1) is 29.4 Å². The van der Waals surface area contributed by atoms with Gasteiger partial charge in [-0.15, -0.1) is 5.10 Å². The molecule has 2 heterocycles. The van der Waals surface area contributed by atoms with Crippen molar-refractivity contribution in [1.29, 1.82) is 0 Å².